The summed E-state index contributed by atoms with van der Waals surface area (Å²) >= 11 is 0. The first kappa shape index (κ1) is 21.0. The third-order valence-electron chi connectivity index (χ3n) is 5.28. The molecule has 3 N–H and O–H groups in total. The van der Waals surface area contributed by atoms with Gasteiger partial charge in [-0.15, -0.1) is 0 Å². The zero-order chi connectivity index (χ0) is 22.7. The molecule has 0 radical (unpaired) electrons. The molecule has 0 unspecified atom stereocenters. The first-order chi connectivity index (χ1) is 15.5. The summed E-state index contributed by atoms with van der Waals surface area (Å²) in [6.07, 6.45) is -0.677. The summed E-state index contributed by atoms with van der Waals surface area (Å²) in [7, 11) is 0. The van der Waals surface area contributed by atoms with Gasteiger partial charge in [-0.1, -0.05) is 55.5 Å². The van der Waals surface area contributed by atoms with E-state index in [4.69, 9.17) is 9.84 Å². The smallest absolute Gasteiger partial charge is 0.412 e. The van der Waals surface area contributed by atoms with Crippen LogP contribution in [-0.4, -0.2) is 46.0 Å². The number of anilines is 1. The Hall–Kier alpha value is -4.21. The van der Waals surface area contributed by atoms with E-state index in [2.05, 4.69) is 25.6 Å². The Morgan fingerprint density at radius 3 is 2.28 bits per heavy atom. The average molecular weight is 436 g/mol. The van der Waals surface area contributed by atoms with Crippen LogP contribution in [0.2, 0.25) is 0 Å². The molecule has 1 aliphatic rings. The minimum absolute atomic E-state index is 0.0730. The Labute approximate surface area is 182 Å². The van der Waals surface area contributed by atoms with E-state index in [1.165, 1.54) is 0 Å². The van der Waals surface area contributed by atoms with Gasteiger partial charge in [0.25, 0.3) is 5.91 Å². The van der Waals surface area contributed by atoms with Crippen LogP contribution in [-0.2, 0) is 9.53 Å². The molecule has 2 amide bonds. The van der Waals surface area contributed by atoms with Crippen molar-refractivity contribution in [2.24, 2.45) is 0 Å². The van der Waals surface area contributed by atoms with Crippen molar-refractivity contribution in [1.29, 1.82) is 0 Å². The SMILES string of the molecule is CC[C@@H](NC(=O)c1nonc1NC(=O)OCC1c2ccccc2-c2ccccc21)C(=O)O. The van der Waals surface area contributed by atoms with Gasteiger partial charge in [0.1, 0.15) is 12.6 Å². The second-order valence-electron chi connectivity index (χ2n) is 7.18. The minimum Gasteiger partial charge on any atom is -0.480 e. The maximum atomic E-state index is 12.4. The molecule has 10 nitrogen and oxygen atoms in total. The van der Waals surface area contributed by atoms with E-state index < -0.39 is 24.0 Å². The molecule has 1 aliphatic carbocycles. The zero-order valence-corrected chi connectivity index (χ0v) is 17.1. The largest absolute Gasteiger partial charge is 0.480 e. The summed E-state index contributed by atoms with van der Waals surface area (Å²) in [4.78, 5) is 35.8. The summed E-state index contributed by atoms with van der Waals surface area (Å²) in [6.45, 7) is 1.68. The fourth-order valence-corrected chi connectivity index (χ4v) is 3.72. The Morgan fingerprint density at radius 2 is 1.69 bits per heavy atom. The van der Waals surface area contributed by atoms with Crippen LogP contribution in [0.5, 0.6) is 0 Å². The third kappa shape index (κ3) is 4.02. The Bertz CT molecular complexity index is 1130. The number of nitrogens with zero attached hydrogens (tertiary/aromatic N) is 2. The fraction of sp³-hybridized carbons (Fsp3) is 0.227. The second kappa shape index (κ2) is 8.88. The number of fused-ring (bicyclic) bond motifs is 3. The van der Waals surface area contributed by atoms with Crippen LogP contribution in [0.4, 0.5) is 10.6 Å². The van der Waals surface area contributed by atoms with Crippen molar-refractivity contribution < 1.29 is 28.9 Å². The molecule has 164 valence electrons. The Morgan fingerprint density at radius 1 is 1.06 bits per heavy atom. The number of benzene rings is 2. The van der Waals surface area contributed by atoms with Gasteiger partial charge in [0, 0.05) is 5.92 Å². The van der Waals surface area contributed by atoms with Crippen LogP contribution in [0.1, 0.15) is 40.9 Å². The summed E-state index contributed by atoms with van der Waals surface area (Å²) in [5.74, 6) is -2.43. The van der Waals surface area contributed by atoms with Crippen molar-refractivity contribution in [3.8, 4) is 11.1 Å². The molecule has 1 heterocycles. The maximum absolute atomic E-state index is 12.4. The van der Waals surface area contributed by atoms with E-state index >= 15 is 0 Å². The minimum atomic E-state index is -1.19. The molecular formula is C22H20N4O6. The molecule has 0 bridgehead atoms. The van der Waals surface area contributed by atoms with Gasteiger partial charge < -0.3 is 15.2 Å². The van der Waals surface area contributed by atoms with Crippen molar-refractivity contribution in [3.05, 3.63) is 65.4 Å². The zero-order valence-electron chi connectivity index (χ0n) is 17.1. The molecule has 10 heteroatoms. The lowest BCUT2D eigenvalue weighted by Gasteiger charge is -2.14. The summed E-state index contributed by atoms with van der Waals surface area (Å²) in [5, 5.41) is 20.7. The molecule has 32 heavy (non-hydrogen) atoms. The van der Waals surface area contributed by atoms with E-state index in [1.54, 1.807) is 6.92 Å². The lowest BCUT2D eigenvalue weighted by atomic mass is 9.98. The molecule has 1 atom stereocenters. The number of ether oxygens (including phenoxy) is 1. The Kier molecular flexibility index (Phi) is 5.84. The third-order valence-corrected chi connectivity index (χ3v) is 5.28. The highest BCUT2D eigenvalue weighted by Crippen LogP contribution is 2.44. The molecule has 0 saturated heterocycles. The monoisotopic (exact) mass is 436 g/mol. The highest BCUT2D eigenvalue weighted by atomic mass is 16.6. The number of carbonyl (C=O) groups excluding carboxylic acids is 2. The second-order valence-corrected chi connectivity index (χ2v) is 7.18. The quantitative estimate of drug-likeness (QED) is 0.513. The molecule has 1 aromatic heterocycles. The molecular weight excluding hydrogens is 416 g/mol. The number of carboxylic acid groups (broad SMARTS) is 1. The molecule has 0 saturated carbocycles. The van der Waals surface area contributed by atoms with E-state index in [0.717, 1.165) is 22.3 Å². The molecule has 4 rings (SSSR count). The van der Waals surface area contributed by atoms with Gasteiger partial charge >= 0.3 is 12.1 Å². The van der Waals surface area contributed by atoms with Crippen LogP contribution >= 0.6 is 0 Å². The molecule has 3 aromatic rings. The molecule has 0 aliphatic heterocycles. The number of aliphatic carboxylic acids is 1. The van der Waals surface area contributed by atoms with E-state index in [1.807, 2.05) is 48.5 Å². The summed E-state index contributed by atoms with van der Waals surface area (Å²) < 4.78 is 9.94. The van der Waals surface area contributed by atoms with Gasteiger partial charge in [-0.05, 0) is 39.0 Å². The van der Waals surface area contributed by atoms with E-state index in [0.29, 0.717) is 0 Å². The predicted octanol–water partition coefficient (Wildman–Crippen LogP) is 3.02. The lowest BCUT2D eigenvalue weighted by molar-refractivity contribution is -0.139. The van der Waals surface area contributed by atoms with Gasteiger partial charge in [-0.25, -0.2) is 14.2 Å². The standard InChI is InChI=1S/C22H20N4O6/c1-2-17(21(28)29)23-20(27)18-19(26-32-25-18)24-22(30)31-11-16-14-9-5-3-7-12(14)13-8-4-6-10-15(13)16/h3-10,16-17H,2,11H2,1H3,(H,23,27)(H,28,29)(H,24,26,30)/t17-/m1/s1. The number of aromatic nitrogens is 2. The van der Waals surface area contributed by atoms with Crippen LogP contribution in [0.25, 0.3) is 11.1 Å². The number of nitrogens with one attached hydrogen (secondary N) is 2. The van der Waals surface area contributed by atoms with Crippen LogP contribution < -0.4 is 10.6 Å². The highest BCUT2D eigenvalue weighted by molar-refractivity contribution is 6.01. The van der Waals surface area contributed by atoms with Crippen LogP contribution in [0, 0.1) is 0 Å². The fourth-order valence-electron chi connectivity index (χ4n) is 3.72. The topological polar surface area (TPSA) is 144 Å². The van der Waals surface area contributed by atoms with Gasteiger partial charge in [0.2, 0.25) is 11.5 Å². The van der Waals surface area contributed by atoms with Crippen molar-refractivity contribution in [3.63, 3.8) is 0 Å². The van der Waals surface area contributed by atoms with Crippen LogP contribution in [0.3, 0.4) is 0 Å². The number of rotatable bonds is 7. The predicted molar refractivity (Wildman–Crippen MR) is 112 cm³/mol. The molecule has 2 aromatic carbocycles. The number of hydrogen-bond acceptors (Lipinski definition) is 7. The highest BCUT2D eigenvalue weighted by Gasteiger charge is 2.30. The summed E-state index contributed by atoms with van der Waals surface area (Å²) in [5.41, 5.74) is 3.97. The molecule has 0 fully saturated rings. The lowest BCUT2D eigenvalue weighted by Crippen LogP contribution is -2.40. The average Bonchev–Trinajstić information content (AvgIpc) is 3.38. The number of carboxylic acids is 1. The van der Waals surface area contributed by atoms with Crippen molar-refractivity contribution in [1.82, 2.24) is 15.6 Å². The summed E-state index contributed by atoms with van der Waals surface area (Å²) in [6, 6.07) is 14.7. The van der Waals surface area contributed by atoms with Gasteiger partial charge in [0.15, 0.2) is 0 Å². The van der Waals surface area contributed by atoms with Crippen molar-refractivity contribution in [2.45, 2.75) is 25.3 Å². The number of hydrogen-bond donors (Lipinski definition) is 3. The normalized spacial score (nSPS) is 13.0. The number of carbonyl (C=O) groups is 3. The van der Waals surface area contributed by atoms with Crippen molar-refractivity contribution >= 4 is 23.8 Å². The molecule has 0 spiro atoms. The van der Waals surface area contributed by atoms with Gasteiger partial charge in [0.05, 0.1) is 0 Å². The van der Waals surface area contributed by atoms with Crippen molar-refractivity contribution in [2.75, 3.05) is 11.9 Å². The van der Waals surface area contributed by atoms with Crippen LogP contribution in [0.15, 0.2) is 53.2 Å². The van der Waals surface area contributed by atoms with E-state index in [-0.39, 0.29) is 30.5 Å². The number of amides is 2. The van der Waals surface area contributed by atoms with Gasteiger partial charge in [-0.2, -0.15) is 0 Å². The Balaban J connectivity index is 1.42. The van der Waals surface area contributed by atoms with E-state index in [9.17, 15) is 14.4 Å². The maximum Gasteiger partial charge on any atom is 0.412 e. The first-order valence-corrected chi connectivity index (χ1v) is 9.97. The van der Waals surface area contributed by atoms with Gasteiger partial charge in [-0.3, -0.25) is 10.1 Å². The first-order valence-electron chi connectivity index (χ1n) is 9.97.